The number of aromatic nitrogens is 2. The molecule has 1 saturated heterocycles. The van der Waals surface area contributed by atoms with Gasteiger partial charge in [0.1, 0.15) is 12.1 Å². The molecule has 1 aromatic rings. The van der Waals surface area contributed by atoms with Crippen LogP contribution in [0.25, 0.3) is 0 Å². The molecule has 0 unspecified atom stereocenters. The maximum atomic E-state index is 13.0. The number of carbonyl (C=O) groups excluding carboxylic acids is 1. The first-order valence-corrected chi connectivity index (χ1v) is 13.2. The predicted octanol–water partition coefficient (Wildman–Crippen LogP) is 3.14. The third-order valence-electron chi connectivity index (χ3n) is 6.32. The Kier molecular flexibility index (Phi) is 12.5. The molecule has 2 N–H and O–H groups in total. The monoisotopic (exact) mass is 492 g/mol. The van der Waals surface area contributed by atoms with Gasteiger partial charge in [-0.15, -0.1) is 0 Å². The molecule has 0 bridgehead atoms. The van der Waals surface area contributed by atoms with E-state index in [1.807, 2.05) is 0 Å². The number of carbonyl (C=O) groups is 1. The van der Waals surface area contributed by atoms with Gasteiger partial charge < -0.3 is 15.4 Å². The molecule has 3 rings (SSSR count). The summed E-state index contributed by atoms with van der Waals surface area (Å²) in [6.07, 6.45) is 13.4. The highest BCUT2D eigenvalue weighted by atomic mass is 32.1. The molecule has 1 aromatic heterocycles. The van der Waals surface area contributed by atoms with Crippen LogP contribution >= 0.6 is 12.2 Å². The molecule has 1 saturated carbocycles. The van der Waals surface area contributed by atoms with E-state index in [0.717, 1.165) is 77.9 Å². The van der Waals surface area contributed by atoms with Crippen molar-refractivity contribution in [3.05, 3.63) is 18.6 Å². The van der Waals surface area contributed by atoms with Crippen LogP contribution in [0.5, 0.6) is 0 Å². The number of nitrogens with one attached hydrogen (secondary N) is 2. The maximum Gasteiger partial charge on any atom is 0.246 e. The lowest BCUT2D eigenvalue weighted by molar-refractivity contribution is -0.205. The zero-order chi connectivity index (χ0) is 23.8. The van der Waals surface area contributed by atoms with Crippen molar-refractivity contribution in [1.82, 2.24) is 25.2 Å². The quantitative estimate of drug-likeness (QED) is 0.245. The summed E-state index contributed by atoms with van der Waals surface area (Å²) >= 11 is 5.28. The average Bonchev–Trinajstić information content (AvgIpc) is 2.87. The Labute approximate surface area is 208 Å². The average molecular weight is 493 g/mol. The molecule has 0 aromatic carbocycles. The molecule has 9 nitrogen and oxygen atoms in total. The van der Waals surface area contributed by atoms with Crippen molar-refractivity contribution < 1.29 is 14.4 Å². The fourth-order valence-electron chi connectivity index (χ4n) is 4.38. The van der Waals surface area contributed by atoms with Crippen molar-refractivity contribution in [1.29, 1.82) is 0 Å². The van der Waals surface area contributed by atoms with Gasteiger partial charge in [-0.25, -0.2) is 15.0 Å². The summed E-state index contributed by atoms with van der Waals surface area (Å²) < 4.78 is 5.41. The second-order valence-corrected chi connectivity index (χ2v) is 9.35. The first-order valence-electron chi connectivity index (χ1n) is 12.8. The Morgan fingerprint density at radius 3 is 2.74 bits per heavy atom. The Morgan fingerprint density at radius 1 is 1.18 bits per heavy atom. The highest BCUT2D eigenvalue weighted by Gasteiger charge is 2.26. The van der Waals surface area contributed by atoms with Crippen LogP contribution in [0.3, 0.4) is 0 Å². The van der Waals surface area contributed by atoms with E-state index >= 15 is 0 Å². The van der Waals surface area contributed by atoms with Crippen LogP contribution in [0, 0.1) is 0 Å². The number of thiocarbonyl (C=S) groups is 1. The van der Waals surface area contributed by atoms with Gasteiger partial charge in [-0.1, -0.05) is 32.1 Å². The van der Waals surface area contributed by atoms with Crippen molar-refractivity contribution in [3.8, 4) is 0 Å². The molecule has 2 fully saturated rings. The molecule has 0 atom stereocenters. The summed E-state index contributed by atoms with van der Waals surface area (Å²) in [4.78, 5) is 29.4. The predicted molar refractivity (Wildman–Crippen MR) is 136 cm³/mol. The summed E-state index contributed by atoms with van der Waals surface area (Å²) in [6, 6.07) is 2.01. The standard InChI is InChI=1S/C24H40N6O3S/c31-23(10-6-1-2-7-12-26-24(34)28-22-11-13-25-20-27-22)30(21-8-4-3-5-9-21)33-19-16-29-14-17-32-18-15-29/h11,13,20-21H,1-10,12,14-19H2,(H2,25,26,27,28,34). The fourth-order valence-corrected chi connectivity index (χ4v) is 4.59. The number of hydrogen-bond donors (Lipinski definition) is 2. The van der Waals surface area contributed by atoms with E-state index in [1.54, 1.807) is 17.3 Å². The zero-order valence-electron chi connectivity index (χ0n) is 20.3. The molecule has 0 radical (unpaired) electrons. The van der Waals surface area contributed by atoms with Gasteiger partial charge in [-0.3, -0.25) is 14.5 Å². The van der Waals surface area contributed by atoms with E-state index in [2.05, 4.69) is 25.5 Å². The lowest BCUT2D eigenvalue weighted by Gasteiger charge is -2.34. The summed E-state index contributed by atoms with van der Waals surface area (Å²) in [6.45, 7) is 5.66. The van der Waals surface area contributed by atoms with Crippen LogP contribution in [0.1, 0.15) is 64.2 Å². The van der Waals surface area contributed by atoms with Crippen LogP contribution in [0.15, 0.2) is 18.6 Å². The minimum absolute atomic E-state index is 0.141. The minimum Gasteiger partial charge on any atom is -0.379 e. The molecular formula is C24H40N6O3S. The Morgan fingerprint density at radius 2 is 1.97 bits per heavy atom. The van der Waals surface area contributed by atoms with Crippen LogP contribution in [-0.4, -0.2) is 83.0 Å². The number of rotatable bonds is 13. The molecular weight excluding hydrogens is 452 g/mol. The van der Waals surface area contributed by atoms with E-state index in [-0.39, 0.29) is 11.9 Å². The topological polar surface area (TPSA) is 91.8 Å². The summed E-state index contributed by atoms with van der Waals surface area (Å²) in [7, 11) is 0. The number of nitrogens with zero attached hydrogens (tertiary/aromatic N) is 4. The van der Waals surface area contributed by atoms with E-state index in [0.29, 0.717) is 24.0 Å². The third-order valence-corrected chi connectivity index (χ3v) is 6.57. The van der Waals surface area contributed by atoms with Gasteiger partial charge in [-0.2, -0.15) is 0 Å². The minimum atomic E-state index is 0.141. The van der Waals surface area contributed by atoms with Crippen molar-refractivity contribution in [2.45, 2.75) is 70.3 Å². The highest BCUT2D eigenvalue weighted by molar-refractivity contribution is 7.80. The van der Waals surface area contributed by atoms with Crippen LogP contribution in [0.4, 0.5) is 5.82 Å². The second kappa shape index (κ2) is 15.9. The molecule has 2 aliphatic rings. The number of morpholine rings is 1. The smallest absolute Gasteiger partial charge is 0.246 e. The molecule has 1 aliphatic carbocycles. The maximum absolute atomic E-state index is 13.0. The number of amides is 1. The van der Waals surface area contributed by atoms with E-state index in [4.69, 9.17) is 21.8 Å². The lowest BCUT2D eigenvalue weighted by Crippen LogP contribution is -2.44. The molecule has 1 amide bonds. The SMILES string of the molecule is O=C(CCCCCCNC(=S)Nc1ccncn1)N(OCCN1CCOCC1)C1CCCCC1. The van der Waals surface area contributed by atoms with E-state index in [9.17, 15) is 4.79 Å². The largest absolute Gasteiger partial charge is 0.379 e. The van der Waals surface area contributed by atoms with Gasteiger partial charge in [0.15, 0.2) is 5.11 Å². The second-order valence-electron chi connectivity index (χ2n) is 8.94. The van der Waals surface area contributed by atoms with Crippen molar-refractivity contribution >= 4 is 29.1 Å². The third kappa shape index (κ3) is 10.2. The molecule has 2 heterocycles. The van der Waals surface area contributed by atoms with Gasteiger partial charge >= 0.3 is 0 Å². The normalized spacial score (nSPS) is 17.3. The summed E-state index contributed by atoms with van der Waals surface area (Å²) in [5, 5.41) is 8.53. The highest BCUT2D eigenvalue weighted by Crippen LogP contribution is 2.24. The number of ether oxygens (including phenoxy) is 1. The molecule has 0 spiro atoms. The number of hydrogen-bond acceptors (Lipinski definition) is 7. The number of hydroxylamine groups is 2. The van der Waals surface area contributed by atoms with Gasteiger partial charge in [0.05, 0.1) is 25.9 Å². The van der Waals surface area contributed by atoms with Crippen LogP contribution in [0.2, 0.25) is 0 Å². The van der Waals surface area contributed by atoms with Crippen molar-refractivity contribution in [2.75, 3.05) is 51.3 Å². The summed E-state index contributed by atoms with van der Waals surface area (Å²) in [5.74, 6) is 0.822. The van der Waals surface area contributed by atoms with Crippen LogP contribution < -0.4 is 10.6 Å². The van der Waals surface area contributed by atoms with Gasteiger partial charge in [-0.05, 0) is 44.0 Å². The fraction of sp³-hybridized carbons (Fsp3) is 0.750. The summed E-state index contributed by atoms with van der Waals surface area (Å²) in [5.41, 5.74) is 0. The first-order chi connectivity index (χ1) is 16.7. The molecule has 1 aliphatic heterocycles. The Bertz CT molecular complexity index is 714. The van der Waals surface area contributed by atoms with Crippen LogP contribution in [-0.2, 0) is 14.4 Å². The van der Waals surface area contributed by atoms with E-state index < -0.39 is 0 Å². The van der Waals surface area contributed by atoms with Gasteiger partial charge in [0, 0.05) is 38.8 Å². The van der Waals surface area contributed by atoms with Gasteiger partial charge in [0.25, 0.3) is 0 Å². The zero-order valence-corrected chi connectivity index (χ0v) is 21.1. The lowest BCUT2D eigenvalue weighted by atomic mass is 9.95. The Balaban J connectivity index is 1.28. The van der Waals surface area contributed by atoms with E-state index in [1.165, 1.54) is 25.6 Å². The number of anilines is 1. The molecule has 34 heavy (non-hydrogen) atoms. The number of unbranched alkanes of at least 4 members (excludes halogenated alkanes) is 3. The van der Waals surface area contributed by atoms with Crippen molar-refractivity contribution in [2.24, 2.45) is 0 Å². The van der Waals surface area contributed by atoms with Gasteiger partial charge in [0.2, 0.25) is 5.91 Å². The van der Waals surface area contributed by atoms with Crippen molar-refractivity contribution in [3.63, 3.8) is 0 Å². The Hall–Kier alpha value is -1.88. The first kappa shape index (κ1) is 26.7. The molecule has 10 heteroatoms. The molecule has 190 valence electrons.